The Bertz CT molecular complexity index is 742. The smallest absolute Gasteiger partial charge is 0.338 e. The minimum Gasteiger partial charge on any atom is -0.366 e. The molecule has 0 heterocycles. The van der Waals surface area contributed by atoms with Crippen LogP contribution in [0.25, 0.3) is 0 Å². The molecule has 0 aromatic heterocycles. The highest BCUT2D eigenvalue weighted by atomic mass is 32.1. The van der Waals surface area contributed by atoms with Gasteiger partial charge in [0.15, 0.2) is 0 Å². The van der Waals surface area contributed by atoms with E-state index in [9.17, 15) is 14.4 Å². The zero-order chi connectivity index (χ0) is 17.0. The standard InChI is InChI=1S/C16H15N3O3S/c1-10-2-4-12(5-3-10)15(21)18-16(22)19(23)13-8-6-11(7-9-13)14(17)20/h2-9,23H,1H3,(H2,17,20)(H,18,21,22). The van der Waals surface area contributed by atoms with E-state index in [1.54, 1.807) is 24.3 Å². The summed E-state index contributed by atoms with van der Waals surface area (Å²) in [5, 5.41) is 2.23. The van der Waals surface area contributed by atoms with Crippen molar-refractivity contribution in [3.8, 4) is 0 Å². The van der Waals surface area contributed by atoms with Crippen LogP contribution in [-0.4, -0.2) is 17.8 Å². The van der Waals surface area contributed by atoms with E-state index in [4.69, 9.17) is 5.73 Å². The number of nitrogens with one attached hydrogen (secondary N) is 1. The second-order valence-electron chi connectivity index (χ2n) is 4.85. The van der Waals surface area contributed by atoms with Crippen LogP contribution < -0.4 is 15.4 Å². The Morgan fingerprint density at radius 1 is 0.957 bits per heavy atom. The molecule has 0 fully saturated rings. The summed E-state index contributed by atoms with van der Waals surface area (Å²) in [6.45, 7) is 1.90. The molecule has 4 amide bonds. The molecule has 3 N–H and O–H groups in total. The van der Waals surface area contributed by atoms with Gasteiger partial charge in [-0.2, -0.15) is 0 Å². The first-order valence-electron chi connectivity index (χ1n) is 6.69. The fourth-order valence-electron chi connectivity index (χ4n) is 1.81. The molecule has 0 spiro atoms. The van der Waals surface area contributed by atoms with Crippen molar-refractivity contribution in [2.75, 3.05) is 4.31 Å². The van der Waals surface area contributed by atoms with Crippen molar-refractivity contribution >= 4 is 36.3 Å². The van der Waals surface area contributed by atoms with E-state index >= 15 is 0 Å². The quantitative estimate of drug-likeness (QED) is 0.754. The molecule has 7 heteroatoms. The second-order valence-corrected chi connectivity index (χ2v) is 5.25. The number of hydrogen-bond acceptors (Lipinski definition) is 4. The molecule has 2 aromatic carbocycles. The maximum Gasteiger partial charge on any atom is 0.338 e. The Morgan fingerprint density at radius 2 is 1.48 bits per heavy atom. The van der Waals surface area contributed by atoms with E-state index in [1.165, 1.54) is 24.3 Å². The van der Waals surface area contributed by atoms with E-state index in [0.717, 1.165) is 9.87 Å². The summed E-state index contributed by atoms with van der Waals surface area (Å²) in [4.78, 5) is 35.0. The first kappa shape index (κ1) is 16.6. The Hall–Kier alpha value is -2.80. The van der Waals surface area contributed by atoms with Crippen LogP contribution in [0.1, 0.15) is 26.3 Å². The predicted octanol–water partition coefficient (Wildman–Crippen LogP) is 2.30. The lowest BCUT2D eigenvalue weighted by atomic mass is 10.1. The van der Waals surface area contributed by atoms with E-state index in [2.05, 4.69) is 18.1 Å². The molecule has 0 aliphatic heterocycles. The Labute approximate surface area is 138 Å². The SMILES string of the molecule is Cc1ccc(C(=O)NC(=O)N(S)c2ccc(C(N)=O)cc2)cc1. The van der Waals surface area contributed by atoms with E-state index in [0.29, 0.717) is 16.8 Å². The summed E-state index contributed by atoms with van der Waals surface area (Å²) < 4.78 is 0.969. The van der Waals surface area contributed by atoms with Gasteiger partial charge in [0.2, 0.25) is 5.91 Å². The highest BCUT2D eigenvalue weighted by Gasteiger charge is 2.16. The molecule has 6 nitrogen and oxygen atoms in total. The van der Waals surface area contributed by atoms with Gasteiger partial charge in [0.25, 0.3) is 5.91 Å². The molecule has 118 valence electrons. The van der Waals surface area contributed by atoms with Crippen LogP contribution in [0.3, 0.4) is 0 Å². The van der Waals surface area contributed by atoms with Gasteiger partial charge in [-0.3, -0.25) is 14.9 Å². The van der Waals surface area contributed by atoms with E-state index in [-0.39, 0.29) is 0 Å². The monoisotopic (exact) mass is 329 g/mol. The number of carbonyl (C=O) groups is 3. The third-order valence-corrected chi connectivity index (χ3v) is 3.54. The molecule has 2 rings (SSSR count). The number of urea groups is 1. The molecule has 23 heavy (non-hydrogen) atoms. The first-order valence-corrected chi connectivity index (χ1v) is 7.09. The highest BCUT2D eigenvalue weighted by molar-refractivity contribution is 7.82. The third kappa shape index (κ3) is 4.10. The summed E-state index contributed by atoms with van der Waals surface area (Å²) in [6, 6.07) is 12.1. The van der Waals surface area contributed by atoms with Gasteiger partial charge in [-0.1, -0.05) is 30.5 Å². The Kier molecular flexibility index (Phi) is 5.02. The number of benzene rings is 2. The van der Waals surface area contributed by atoms with Crippen molar-refractivity contribution < 1.29 is 14.4 Å². The molecule has 0 saturated carbocycles. The number of hydrogen-bond donors (Lipinski definition) is 3. The zero-order valence-corrected chi connectivity index (χ0v) is 13.2. The van der Waals surface area contributed by atoms with Gasteiger partial charge < -0.3 is 5.73 Å². The number of primary amides is 1. The van der Waals surface area contributed by atoms with Gasteiger partial charge in [0, 0.05) is 11.1 Å². The fourth-order valence-corrected chi connectivity index (χ4v) is 1.99. The van der Waals surface area contributed by atoms with Crippen LogP contribution in [-0.2, 0) is 0 Å². The van der Waals surface area contributed by atoms with Gasteiger partial charge in [-0.15, -0.1) is 0 Å². The lowest BCUT2D eigenvalue weighted by Gasteiger charge is -2.16. The molecule has 0 saturated heterocycles. The molecule has 0 radical (unpaired) electrons. The number of amides is 4. The lowest BCUT2D eigenvalue weighted by molar-refractivity contribution is 0.0964. The minimum absolute atomic E-state index is 0.312. The van der Waals surface area contributed by atoms with Crippen LogP contribution in [0.15, 0.2) is 48.5 Å². The van der Waals surface area contributed by atoms with E-state index in [1.807, 2.05) is 6.92 Å². The molecule has 0 atom stereocenters. The zero-order valence-electron chi connectivity index (χ0n) is 12.3. The largest absolute Gasteiger partial charge is 0.366 e. The number of thiol groups is 1. The average molecular weight is 329 g/mol. The Morgan fingerprint density at radius 3 is 2.00 bits per heavy atom. The van der Waals surface area contributed by atoms with Crippen molar-refractivity contribution in [1.82, 2.24) is 5.32 Å². The van der Waals surface area contributed by atoms with Gasteiger partial charge in [-0.05, 0) is 43.3 Å². The van der Waals surface area contributed by atoms with Crippen molar-refractivity contribution in [3.63, 3.8) is 0 Å². The first-order chi connectivity index (χ1) is 10.9. The normalized spacial score (nSPS) is 10.0. The molecular weight excluding hydrogens is 314 g/mol. The maximum absolute atomic E-state index is 12.0. The Balaban J connectivity index is 2.05. The highest BCUT2D eigenvalue weighted by Crippen LogP contribution is 2.17. The average Bonchev–Trinajstić information content (AvgIpc) is 2.54. The van der Waals surface area contributed by atoms with Crippen LogP contribution >= 0.6 is 12.8 Å². The van der Waals surface area contributed by atoms with Crippen LogP contribution in [0, 0.1) is 6.92 Å². The molecule has 2 aromatic rings. The predicted molar refractivity (Wildman–Crippen MR) is 90.5 cm³/mol. The molecule has 0 aliphatic carbocycles. The van der Waals surface area contributed by atoms with Gasteiger partial charge in [0.1, 0.15) is 0 Å². The van der Waals surface area contributed by atoms with Crippen molar-refractivity contribution in [2.45, 2.75) is 6.92 Å². The summed E-state index contributed by atoms with van der Waals surface area (Å²) in [5.74, 6) is -1.09. The van der Waals surface area contributed by atoms with Gasteiger partial charge >= 0.3 is 6.03 Å². The van der Waals surface area contributed by atoms with Crippen LogP contribution in [0.4, 0.5) is 10.5 Å². The van der Waals surface area contributed by atoms with Crippen LogP contribution in [0.5, 0.6) is 0 Å². The second kappa shape index (κ2) is 6.97. The van der Waals surface area contributed by atoms with Gasteiger partial charge in [-0.25, -0.2) is 9.10 Å². The summed E-state index contributed by atoms with van der Waals surface area (Å²) in [6.07, 6.45) is 0. The number of nitrogens with zero attached hydrogens (tertiary/aromatic N) is 1. The number of carbonyl (C=O) groups excluding carboxylic acids is 3. The number of nitrogens with two attached hydrogens (primary N) is 1. The van der Waals surface area contributed by atoms with Crippen molar-refractivity contribution in [1.29, 1.82) is 0 Å². The minimum atomic E-state index is -0.703. The number of imide groups is 1. The third-order valence-electron chi connectivity index (χ3n) is 3.12. The topological polar surface area (TPSA) is 92.5 Å². The number of aryl methyl sites for hydroxylation is 1. The van der Waals surface area contributed by atoms with Crippen molar-refractivity contribution in [2.24, 2.45) is 5.73 Å². The fraction of sp³-hybridized carbons (Fsp3) is 0.0625. The molecule has 0 aliphatic rings. The molecule has 0 bridgehead atoms. The number of anilines is 1. The van der Waals surface area contributed by atoms with Crippen molar-refractivity contribution in [3.05, 3.63) is 65.2 Å². The summed E-state index contributed by atoms with van der Waals surface area (Å²) >= 11 is 4.06. The summed E-state index contributed by atoms with van der Waals surface area (Å²) in [5.41, 5.74) is 7.24. The molecule has 0 unspecified atom stereocenters. The molecular formula is C16H15N3O3S. The van der Waals surface area contributed by atoms with E-state index < -0.39 is 17.8 Å². The lowest BCUT2D eigenvalue weighted by Crippen LogP contribution is -2.38. The van der Waals surface area contributed by atoms with Crippen LogP contribution in [0.2, 0.25) is 0 Å². The van der Waals surface area contributed by atoms with Gasteiger partial charge in [0.05, 0.1) is 5.69 Å². The number of rotatable bonds is 3. The maximum atomic E-state index is 12.0. The summed E-state index contributed by atoms with van der Waals surface area (Å²) in [7, 11) is 0.